The maximum absolute atomic E-state index is 12.9. The Labute approximate surface area is 75.3 Å². The molecule has 1 radical (unpaired) electrons. The lowest BCUT2D eigenvalue weighted by Crippen LogP contribution is -2.06. The van der Waals surface area contributed by atoms with Crippen LogP contribution in [0.2, 0.25) is 0 Å². The highest BCUT2D eigenvalue weighted by Gasteiger charge is 2.27. The third kappa shape index (κ3) is 1.11. The second kappa shape index (κ2) is 2.90. The molecule has 0 unspecified atom stereocenters. The Bertz CT molecular complexity index is 428. The van der Waals surface area contributed by atoms with Crippen molar-refractivity contribution in [2.24, 2.45) is 0 Å². The molecule has 0 saturated heterocycles. The Balaban J connectivity index is 2.73. The van der Waals surface area contributed by atoms with E-state index in [0.29, 0.717) is 6.07 Å². The molecule has 0 atom stereocenters. The van der Waals surface area contributed by atoms with Gasteiger partial charge in [-0.2, -0.15) is 0 Å². The summed E-state index contributed by atoms with van der Waals surface area (Å²) in [5, 5.41) is 0. The molecule has 1 aliphatic heterocycles. The highest BCUT2D eigenvalue weighted by molar-refractivity contribution is 5.64. The van der Waals surface area contributed by atoms with E-state index in [-0.39, 0.29) is 0 Å². The highest BCUT2D eigenvalue weighted by Crippen LogP contribution is 2.35. The molecule has 1 aliphatic rings. The predicted octanol–water partition coefficient (Wildman–Crippen LogP) is 2.50. The van der Waals surface area contributed by atoms with E-state index in [9.17, 15) is 17.6 Å². The van der Waals surface area contributed by atoms with Crippen LogP contribution in [0, 0.1) is 23.7 Å². The fourth-order valence-electron chi connectivity index (χ4n) is 0.997. The van der Waals surface area contributed by atoms with Crippen LogP contribution in [0.4, 0.5) is 17.6 Å². The minimum Gasteiger partial charge on any atom is -0.289 e. The molecular formula is C8HF4O2. The maximum atomic E-state index is 12.9. The molecule has 0 aromatic heterocycles. The van der Waals surface area contributed by atoms with Crippen molar-refractivity contribution in [3.63, 3.8) is 0 Å². The van der Waals surface area contributed by atoms with Crippen molar-refractivity contribution in [1.29, 1.82) is 0 Å². The molecular weight excluding hydrogens is 204 g/mol. The summed E-state index contributed by atoms with van der Waals surface area (Å²) in [7, 11) is 0. The first-order valence-electron chi connectivity index (χ1n) is 3.41. The molecule has 1 aromatic rings. The minimum atomic E-state index is -1.77. The smallest absolute Gasteiger partial charge is 0.265 e. The van der Waals surface area contributed by atoms with E-state index in [2.05, 4.69) is 9.78 Å². The summed E-state index contributed by atoms with van der Waals surface area (Å²) in [6, 6.07) is 0.480. The number of fused-ring (bicyclic) bond motifs is 1. The van der Waals surface area contributed by atoms with Gasteiger partial charge in [0.05, 0.1) is 0 Å². The number of benzene rings is 1. The summed E-state index contributed by atoms with van der Waals surface area (Å²) in [4.78, 5) is 8.13. The molecule has 0 bridgehead atoms. The normalized spacial score (nSPS) is 13.9. The number of hydrogen-bond donors (Lipinski definition) is 0. The first-order valence-corrected chi connectivity index (χ1v) is 3.41. The zero-order chi connectivity index (χ0) is 10.3. The summed E-state index contributed by atoms with van der Waals surface area (Å²) in [6.45, 7) is 0. The Kier molecular flexibility index (Phi) is 1.83. The van der Waals surface area contributed by atoms with Crippen molar-refractivity contribution in [1.82, 2.24) is 0 Å². The van der Waals surface area contributed by atoms with Crippen LogP contribution < -0.4 is 4.89 Å². The molecule has 2 nitrogen and oxygen atoms in total. The van der Waals surface area contributed by atoms with E-state index in [4.69, 9.17) is 0 Å². The SMILES string of the molecule is FC1=[C]OOc2cc(F)c(F)c(F)c21. The molecule has 0 saturated carbocycles. The van der Waals surface area contributed by atoms with Crippen LogP contribution in [0.5, 0.6) is 5.75 Å². The van der Waals surface area contributed by atoms with E-state index >= 15 is 0 Å². The topological polar surface area (TPSA) is 18.5 Å². The molecule has 0 amide bonds. The molecule has 14 heavy (non-hydrogen) atoms. The number of halogens is 4. The quantitative estimate of drug-likeness (QED) is 0.368. The van der Waals surface area contributed by atoms with Gasteiger partial charge in [0.15, 0.2) is 29.0 Å². The predicted molar refractivity (Wildman–Crippen MR) is 35.8 cm³/mol. The standard InChI is InChI=1S/C8HF4O2/c9-3-1-5-6(8(12)7(3)11)4(10)2-13-14-5/h1H. The lowest BCUT2D eigenvalue weighted by atomic mass is 10.1. The van der Waals surface area contributed by atoms with Crippen LogP contribution in [0.15, 0.2) is 6.07 Å². The largest absolute Gasteiger partial charge is 0.289 e. The Morgan fingerprint density at radius 1 is 1.07 bits per heavy atom. The first-order chi connectivity index (χ1) is 6.61. The zero-order valence-corrected chi connectivity index (χ0v) is 6.41. The van der Waals surface area contributed by atoms with Gasteiger partial charge in [-0.05, 0) is 0 Å². The Hall–Kier alpha value is -1.72. The zero-order valence-electron chi connectivity index (χ0n) is 6.41. The van der Waals surface area contributed by atoms with Crippen molar-refractivity contribution < 1.29 is 27.3 Å². The highest BCUT2D eigenvalue weighted by atomic mass is 19.2. The second-order valence-electron chi connectivity index (χ2n) is 2.44. The summed E-state index contributed by atoms with van der Waals surface area (Å²) < 4.78 is 51.0. The second-order valence-corrected chi connectivity index (χ2v) is 2.44. The molecule has 0 fully saturated rings. The van der Waals surface area contributed by atoms with Gasteiger partial charge in [-0.15, -0.1) is 0 Å². The van der Waals surface area contributed by atoms with Gasteiger partial charge in [-0.3, -0.25) is 9.78 Å². The molecule has 2 rings (SSSR count). The summed E-state index contributed by atoms with van der Waals surface area (Å²) in [5.74, 6) is -6.79. The van der Waals surface area contributed by atoms with Crippen LogP contribution in [0.25, 0.3) is 5.83 Å². The summed E-state index contributed by atoms with van der Waals surface area (Å²) in [6.07, 6.45) is 1.52. The number of rotatable bonds is 0. The monoisotopic (exact) mass is 205 g/mol. The Morgan fingerprint density at radius 2 is 1.79 bits per heavy atom. The van der Waals surface area contributed by atoms with E-state index in [0.717, 1.165) is 0 Å². The fraction of sp³-hybridized carbons (Fsp3) is 0. The van der Waals surface area contributed by atoms with Crippen LogP contribution in [0.1, 0.15) is 5.56 Å². The van der Waals surface area contributed by atoms with Gasteiger partial charge in [0.1, 0.15) is 5.56 Å². The maximum Gasteiger partial charge on any atom is 0.265 e. The fourth-order valence-corrected chi connectivity index (χ4v) is 0.997. The molecule has 1 heterocycles. The molecule has 0 aliphatic carbocycles. The first kappa shape index (κ1) is 8.86. The summed E-state index contributed by atoms with van der Waals surface area (Å²) in [5.41, 5.74) is -0.838. The number of hydrogen-bond acceptors (Lipinski definition) is 2. The summed E-state index contributed by atoms with van der Waals surface area (Å²) >= 11 is 0. The molecule has 0 spiro atoms. The minimum absolute atomic E-state index is 0.480. The lowest BCUT2D eigenvalue weighted by Gasteiger charge is -2.12. The molecule has 0 N–H and O–H groups in total. The van der Waals surface area contributed by atoms with Crippen molar-refractivity contribution in [2.45, 2.75) is 0 Å². The van der Waals surface area contributed by atoms with Gasteiger partial charge in [0.2, 0.25) is 0 Å². The van der Waals surface area contributed by atoms with Crippen molar-refractivity contribution in [3.8, 4) is 5.75 Å². The lowest BCUT2D eigenvalue weighted by molar-refractivity contribution is -0.165. The van der Waals surface area contributed by atoms with E-state index < -0.39 is 34.6 Å². The van der Waals surface area contributed by atoms with Crippen LogP contribution in [0.3, 0.4) is 0 Å². The van der Waals surface area contributed by atoms with Gasteiger partial charge in [0, 0.05) is 6.07 Å². The van der Waals surface area contributed by atoms with Crippen LogP contribution in [-0.2, 0) is 4.89 Å². The van der Waals surface area contributed by atoms with Gasteiger partial charge in [-0.1, -0.05) is 0 Å². The Morgan fingerprint density at radius 3 is 2.50 bits per heavy atom. The van der Waals surface area contributed by atoms with Crippen molar-refractivity contribution in [3.05, 3.63) is 35.3 Å². The third-order valence-corrected chi connectivity index (χ3v) is 1.61. The van der Waals surface area contributed by atoms with Gasteiger partial charge in [-0.25, -0.2) is 17.6 Å². The van der Waals surface area contributed by atoms with E-state index in [1.807, 2.05) is 0 Å². The third-order valence-electron chi connectivity index (χ3n) is 1.61. The van der Waals surface area contributed by atoms with Crippen LogP contribution in [-0.4, -0.2) is 0 Å². The van der Waals surface area contributed by atoms with Gasteiger partial charge < -0.3 is 0 Å². The van der Waals surface area contributed by atoms with E-state index in [1.54, 1.807) is 0 Å². The average Bonchev–Trinajstić information content (AvgIpc) is 2.14. The van der Waals surface area contributed by atoms with Crippen molar-refractivity contribution in [2.75, 3.05) is 0 Å². The van der Waals surface area contributed by atoms with Gasteiger partial charge in [0.25, 0.3) is 6.26 Å². The average molecular weight is 205 g/mol. The van der Waals surface area contributed by atoms with Crippen molar-refractivity contribution >= 4 is 5.83 Å². The van der Waals surface area contributed by atoms with Gasteiger partial charge >= 0.3 is 0 Å². The van der Waals surface area contributed by atoms with E-state index in [1.165, 1.54) is 6.26 Å². The molecule has 73 valence electrons. The molecule has 6 heteroatoms. The van der Waals surface area contributed by atoms with Crippen LogP contribution >= 0.6 is 0 Å². The molecule has 1 aromatic carbocycles.